The summed E-state index contributed by atoms with van der Waals surface area (Å²) in [5.41, 5.74) is 27.2. The standard InChI is InChI=1S/C13H14ClN5.C12H10ClNO.CH6N4/c14-7-4-5-9-8(6-7)12-10(17-9)2-1-3-11(12)18-19-13(15)16;13-7-4-5-9-8(6-7)12-10(14-9)2-1-3-11(12)15;2-1(3)5-4/h4-6,17H,1-3H2,(H4,15,16,19);4-6,14H,1-3H2;4H2,(H4,2,3,5)/b18-11+;;. The van der Waals surface area contributed by atoms with E-state index in [2.05, 4.69) is 31.1 Å². The van der Waals surface area contributed by atoms with Gasteiger partial charge in [-0.25, -0.2) is 0 Å². The predicted octanol–water partition coefficient (Wildman–Crippen LogP) is 3.61. The number of ketones is 1. The quantitative estimate of drug-likeness (QED) is 0.0786. The summed E-state index contributed by atoms with van der Waals surface area (Å²) < 4.78 is 0. The van der Waals surface area contributed by atoms with Crippen LogP contribution in [0.3, 0.4) is 0 Å². The van der Waals surface area contributed by atoms with Crippen molar-refractivity contribution in [3.63, 3.8) is 0 Å². The highest BCUT2D eigenvalue weighted by Gasteiger charge is 2.22. The van der Waals surface area contributed by atoms with Gasteiger partial charge in [-0.15, -0.1) is 10.2 Å². The molecule has 2 aliphatic carbocycles. The zero-order chi connectivity index (χ0) is 28.1. The average Bonchev–Trinajstić information content (AvgIpc) is 3.46. The number of carbonyl (C=O) groups is 1. The number of aromatic nitrogens is 2. The topological polar surface area (TPSA) is 216 Å². The Labute approximate surface area is 234 Å². The molecule has 0 fully saturated rings. The van der Waals surface area contributed by atoms with Crippen LogP contribution >= 0.6 is 23.2 Å². The molecule has 2 aliphatic rings. The monoisotopic (exact) mass is 568 g/mol. The second-order valence-electron chi connectivity index (χ2n) is 9.09. The van der Waals surface area contributed by atoms with Gasteiger partial charge in [0.2, 0.25) is 11.9 Å². The Balaban J connectivity index is 0.000000158. The summed E-state index contributed by atoms with van der Waals surface area (Å²) in [7, 11) is 0. The molecular weight excluding hydrogens is 539 g/mol. The van der Waals surface area contributed by atoms with E-state index in [0.29, 0.717) is 16.5 Å². The normalized spacial score (nSPS) is 14.9. The van der Waals surface area contributed by atoms with Crippen LogP contribution in [0.25, 0.3) is 21.8 Å². The number of rotatable bonds is 1. The van der Waals surface area contributed by atoms with Gasteiger partial charge in [0.15, 0.2) is 5.78 Å². The molecule has 39 heavy (non-hydrogen) atoms. The van der Waals surface area contributed by atoms with Crippen LogP contribution in [0.15, 0.2) is 51.7 Å². The summed E-state index contributed by atoms with van der Waals surface area (Å²) in [5, 5.41) is 14.2. The lowest BCUT2D eigenvalue weighted by atomic mass is 9.94. The largest absolute Gasteiger partial charge is 0.369 e. The minimum absolute atomic E-state index is 0.0301. The molecule has 0 saturated carbocycles. The molecule has 0 saturated heterocycles. The number of hydrazone groups is 1. The highest BCUT2D eigenvalue weighted by molar-refractivity contribution is 6.32. The van der Waals surface area contributed by atoms with Crippen molar-refractivity contribution in [3.8, 4) is 0 Å². The number of aryl methyl sites for hydroxylation is 2. The third-order valence-corrected chi connectivity index (χ3v) is 6.82. The number of benzene rings is 2. The van der Waals surface area contributed by atoms with Crippen LogP contribution in [0.1, 0.15) is 53.0 Å². The van der Waals surface area contributed by atoms with Gasteiger partial charge in [-0.2, -0.15) is 5.10 Å². The van der Waals surface area contributed by atoms with Gasteiger partial charge in [-0.05, 0) is 68.5 Å². The van der Waals surface area contributed by atoms with Crippen molar-refractivity contribution in [2.75, 3.05) is 0 Å². The number of Topliss-reactive ketones (excluding diaryl/α,β-unsaturated/α-hetero) is 1. The first-order chi connectivity index (χ1) is 18.7. The van der Waals surface area contributed by atoms with Gasteiger partial charge in [-0.1, -0.05) is 23.2 Å². The van der Waals surface area contributed by atoms with Gasteiger partial charge in [-0.3, -0.25) is 4.79 Å². The number of H-pyrrole nitrogens is 2. The van der Waals surface area contributed by atoms with E-state index >= 15 is 0 Å². The molecule has 2 heterocycles. The van der Waals surface area contributed by atoms with Crippen LogP contribution in [0.4, 0.5) is 0 Å². The van der Waals surface area contributed by atoms with E-state index in [0.717, 1.165) is 76.4 Å². The number of nitrogens with one attached hydrogen (secondary N) is 2. The highest BCUT2D eigenvalue weighted by atomic mass is 35.5. The molecule has 0 radical (unpaired) electrons. The summed E-state index contributed by atoms with van der Waals surface area (Å²) in [6, 6.07) is 11.4. The highest BCUT2D eigenvalue weighted by Crippen LogP contribution is 2.32. The fourth-order valence-corrected chi connectivity index (χ4v) is 5.13. The van der Waals surface area contributed by atoms with E-state index in [4.69, 9.17) is 46.1 Å². The maximum absolute atomic E-state index is 11.8. The van der Waals surface area contributed by atoms with Crippen molar-refractivity contribution < 1.29 is 4.79 Å². The molecule has 0 unspecified atom stereocenters. The number of fused-ring (bicyclic) bond motifs is 6. The first-order valence-electron chi connectivity index (χ1n) is 12.3. The molecule has 12 N–H and O–H groups in total. The van der Waals surface area contributed by atoms with E-state index in [1.165, 1.54) is 5.69 Å². The molecule has 0 atom stereocenters. The fourth-order valence-electron chi connectivity index (χ4n) is 4.79. The zero-order valence-corrected chi connectivity index (χ0v) is 22.6. The maximum atomic E-state index is 11.8. The Bertz CT molecular complexity index is 1610. The molecule has 11 nitrogen and oxygen atoms in total. The second kappa shape index (κ2) is 12.1. The summed E-state index contributed by atoms with van der Waals surface area (Å²) >= 11 is 12.0. The minimum atomic E-state index is -0.0926. The van der Waals surface area contributed by atoms with Crippen LogP contribution in [-0.2, 0) is 12.8 Å². The Morgan fingerprint density at radius 1 is 0.744 bits per heavy atom. The summed E-state index contributed by atoms with van der Waals surface area (Å²) in [6.45, 7) is 0. The minimum Gasteiger partial charge on any atom is -0.369 e. The number of hydrogen-bond acceptors (Lipinski definition) is 5. The van der Waals surface area contributed by atoms with Crippen LogP contribution in [-0.4, -0.2) is 33.4 Å². The molecule has 13 heteroatoms. The molecule has 2 aromatic heterocycles. The van der Waals surface area contributed by atoms with Crippen LogP contribution in [0, 0.1) is 0 Å². The number of guanidine groups is 2. The summed E-state index contributed by atoms with van der Waals surface area (Å²) in [4.78, 5) is 18.5. The maximum Gasteiger partial charge on any atom is 0.211 e. The first-order valence-corrected chi connectivity index (χ1v) is 13.0. The van der Waals surface area contributed by atoms with Crippen LogP contribution in [0.5, 0.6) is 0 Å². The fraction of sp³-hybridized carbons (Fsp3) is 0.231. The summed E-state index contributed by atoms with van der Waals surface area (Å²) in [5.74, 6) is 4.63. The lowest BCUT2D eigenvalue weighted by Crippen LogP contribution is -2.23. The molecule has 0 bridgehead atoms. The molecule has 204 valence electrons. The van der Waals surface area contributed by atoms with Gasteiger partial charge in [0.1, 0.15) is 0 Å². The van der Waals surface area contributed by atoms with Crippen molar-refractivity contribution >= 4 is 68.4 Å². The SMILES string of the molecule is NC(N)=N/N=C1\CCCc2[nH]c3ccc(Cl)cc3c21.NN=C(N)N.O=C1CCCc2[nH]c3ccc(Cl)cc3c21. The van der Waals surface area contributed by atoms with Crippen molar-refractivity contribution in [3.05, 3.63) is 69.0 Å². The molecule has 0 aliphatic heterocycles. The van der Waals surface area contributed by atoms with E-state index < -0.39 is 0 Å². The average molecular weight is 570 g/mol. The van der Waals surface area contributed by atoms with E-state index in [-0.39, 0.29) is 17.7 Å². The number of carbonyl (C=O) groups excluding carboxylic acids is 1. The Morgan fingerprint density at radius 2 is 1.26 bits per heavy atom. The van der Waals surface area contributed by atoms with E-state index in [1.807, 2.05) is 36.4 Å². The number of aromatic amines is 2. The van der Waals surface area contributed by atoms with Crippen LogP contribution < -0.4 is 28.8 Å². The second-order valence-corrected chi connectivity index (χ2v) is 9.97. The van der Waals surface area contributed by atoms with Crippen molar-refractivity contribution in [2.45, 2.75) is 38.5 Å². The number of halogens is 2. The molecule has 2 aromatic carbocycles. The first kappa shape index (κ1) is 27.8. The Hall–Kier alpha value is -4.22. The molecule has 0 amide bonds. The van der Waals surface area contributed by atoms with Gasteiger partial charge in [0, 0.05) is 60.8 Å². The lowest BCUT2D eigenvalue weighted by Gasteiger charge is -2.13. The smallest absolute Gasteiger partial charge is 0.211 e. The number of nitrogens with zero attached hydrogens (tertiary/aromatic N) is 3. The molecule has 6 rings (SSSR count). The van der Waals surface area contributed by atoms with Crippen molar-refractivity contribution in [1.82, 2.24) is 9.97 Å². The molecular formula is C26H30Cl2N10O. The number of nitrogens with two attached hydrogens (primary N) is 5. The third kappa shape index (κ3) is 6.44. The van der Waals surface area contributed by atoms with Crippen molar-refractivity contribution in [1.29, 1.82) is 0 Å². The molecule has 4 aromatic rings. The van der Waals surface area contributed by atoms with Crippen LogP contribution in [0.2, 0.25) is 10.0 Å². The van der Waals surface area contributed by atoms with Crippen molar-refractivity contribution in [2.24, 2.45) is 44.1 Å². The summed E-state index contributed by atoms with van der Waals surface area (Å²) in [6.07, 6.45) is 5.48. The number of hydrogen-bond donors (Lipinski definition) is 7. The predicted molar refractivity (Wildman–Crippen MR) is 159 cm³/mol. The van der Waals surface area contributed by atoms with Gasteiger partial charge in [0.25, 0.3) is 0 Å². The van der Waals surface area contributed by atoms with Gasteiger partial charge < -0.3 is 38.7 Å². The molecule has 0 spiro atoms. The lowest BCUT2D eigenvalue weighted by molar-refractivity contribution is 0.0974. The Kier molecular flexibility index (Phi) is 8.62. The van der Waals surface area contributed by atoms with E-state index in [9.17, 15) is 4.79 Å². The third-order valence-electron chi connectivity index (χ3n) is 6.35. The van der Waals surface area contributed by atoms with Gasteiger partial charge >= 0.3 is 0 Å². The van der Waals surface area contributed by atoms with E-state index in [1.54, 1.807) is 0 Å². The van der Waals surface area contributed by atoms with Gasteiger partial charge in [0.05, 0.1) is 5.71 Å². The zero-order valence-electron chi connectivity index (χ0n) is 21.1. The Morgan fingerprint density at radius 3 is 1.79 bits per heavy atom.